The Morgan fingerprint density at radius 2 is 1.74 bits per heavy atom. The number of anilines is 1. The van der Waals surface area contributed by atoms with Gasteiger partial charge in [-0.25, -0.2) is 4.39 Å². The van der Waals surface area contributed by atoms with E-state index in [0.29, 0.717) is 46.1 Å². The maximum Gasteiger partial charge on any atom is 0.235 e. The van der Waals surface area contributed by atoms with Crippen LogP contribution < -0.4 is 15.5 Å². The number of carbonyl (C=O) groups excluding carboxylic acids is 2. The highest BCUT2D eigenvalue weighted by molar-refractivity contribution is 6.02. The molecule has 0 aliphatic carbocycles. The van der Waals surface area contributed by atoms with Crippen molar-refractivity contribution >= 4 is 28.4 Å². The lowest BCUT2D eigenvalue weighted by atomic mass is 9.71. The van der Waals surface area contributed by atoms with Crippen LogP contribution in [0, 0.1) is 17.2 Å². The van der Waals surface area contributed by atoms with Crippen molar-refractivity contribution in [3.63, 3.8) is 0 Å². The Hall–Kier alpha value is -2.52. The molecule has 2 aromatic rings. The van der Waals surface area contributed by atoms with Crippen LogP contribution >= 0.6 is 0 Å². The third-order valence-corrected chi connectivity index (χ3v) is 10.2. The van der Waals surface area contributed by atoms with Gasteiger partial charge in [-0.05, 0) is 102 Å². The topological polar surface area (TPSA) is 82.5 Å². The van der Waals surface area contributed by atoms with Gasteiger partial charge >= 0.3 is 0 Å². The molecule has 9 heteroatoms. The predicted octanol–water partition coefficient (Wildman–Crippen LogP) is 3.30. The smallest absolute Gasteiger partial charge is 0.235 e. The van der Waals surface area contributed by atoms with E-state index in [1.807, 2.05) is 12.1 Å². The van der Waals surface area contributed by atoms with Crippen LogP contribution in [0.25, 0.3) is 10.9 Å². The summed E-state index contributed by atoms with van der Waals surface area (Å²) in [5.41, 5.74) is 2.17. The second-order valence-electron chi connectivity index (χ2n) is 12.2. The van der Waals surface area contributed by atoms with E-state index in [0.717, 1.165) is 25.9 Å². The Morgan fingerprint density at radius 3 is 2.42 bits per heavy atom. The number of fused-ring (bicyclic) bond motifs is 1. The van der Waals surface area contributed by atoms with Crippen molar-refractivity contribution in [2.24, 2.45) is 18.4 Å². The summed E-state index contributed by atoms with van der Waals surface area (Å²) < 4.78 is 17.5. The van der Waals surface area contributed by atoms with Gasteiger partial charge in [-0.2, -0.15) is 5.10 Å². The average molecular weight is 525 g/mol. The Morgan fingerprint density at radius 1 is 1.03 bits per heavy atom. The maximum absolute atomic E-state index is 15.9. The number of benzene rings is 1. The normalized spacial score (nSPS) is 26.2. The number of piperidine rings is 4. The third-order valence-electron chi connectivity index (χ3n) is 10.2. The number of amides is 2. The largest absolute Gasteiger partial charge is 0.369 e. The van der Waals surface area contributed by atoms with Gasteiger partial charge < -0.3 is 15.1 Å². The summed E-state index contributed by atoms with van der Waals surface area (Å²) in [7, 11) is 1.73. The zero-order chi connectivity index (χ0) is 26.4. The fourth-order valence-corrected chi connectivity index (χ4v) is 7.58. The van der Waals surface area contributed by atoms with E-state index >= 15 is 4.39 Å². The quantitative estimate of drug-likeness (QED) is 0.598. The van der Waals surface area contributed by atoms with Crippen LogP contribution in [-0.4, -0.2) is 71.8 Å². The van der Waals surface area contributed by atoms with Gasteiger partial charge in [-0.1, -0.05) is 0 Å². The van der Waals surface area contributed by atoms with Gasteiger partial charge in [-0.15, -0.1) is 0 Å². The number of likely N-dealkylation sites (tertiary alicyclic amines) is 1. The van der Waals surface area contributed by atoms with Gasteiger partial charge in [0.05, 0.1) is 17.3 Å². The molecule has 2 N–H and O–H groups in total. The Labute approximate surface area is 224 Å². The zero-order valence-electron chi connectivity index (χ0n) is 22.8. The molecule has 2 amide bonds. The second kappa shape index (κ2) is 10.2. The lowest BCUT2D eigenvalue weighted by molar-refractivity contribution is -0.134. The number of hydrogen-bond donors (Lipinski definition) is 2. The third kappa shape index (κ3) is 4.62. The number of aromatic nitrogens is 2. The molecule has 6 rings (SSSR count). The highest BCUT2D eigenvalue weighted by Crippen LogP contribution is 2.41. The van der Waals surface area contributed by atoms with Crippen LogP contribution in [0.4, 0.5) is 10.1 Å². The van der Waals surface area contributed by atoms with Crippen molar-refractivity contribution in [2.75, 3.05) is 44.2 Å². The molecule has 1 spiro atoms. The fraction of sp³-hybridized carbons (Fsp3) is 0.690. The molecule has 8 nitrogen and oxygen atoms in total. The summed E-state index contributed by atoms with van der Waals surface area (Å²) in [5.74, 6) is -0.773. The molecule has 0 bridgehead atoms. The summed E-state index contributed by atoms with van der Waals surface area (Å²) in [6.07, 6.45) is 8.13. The van der Waals surface area contributed by atoms with Crippen molar-refractivity contribution in [3.05, 3.63) is 23.6 Å². The minimum Gasteiger partial charge on any atom is -0.369 e. The summed E-state index contributed by atoms with van der Waals surface area (Å²) >= 11 is 0. The van der Waals surface area contributed by atoms with Crippen LogP contribution in [0.1, 0.15) is 69.9 Å². The Bertz CT molecular complexity index is 1200. The van der Waals surface area contributed by atoms with Crippen LogP contribution in [0.5, 0.6) is 0 Å². The molecule has 0 saturated carbocycles. The molecule has 4 fully saturated rings. The monoisotopic (exact) mass is 524 g/mol. The first-order chi connectivity index (χ1) is 18.3. The number of imide groups is 1. The first kappa shape index (κ1) is 25.7. The van der Waals surface area contributed by atoms with Gasteiger partial charge in [-0.3, -0.25) is 19.6 Å². The van der Waals surface area contributed by atoms with E-state index in [4.69, 9.17) is 0 Å². The van der Waals surface area contributed by atoms with E-state index in [1.165, 1.54) is 51.9 Å². The molecule has 1 aromatic heterocycles. The van der Waals surface area contributed by atoms with Crippen LogP contribution in [0.2, 0.25) is 0 Å². The molecule has 38 heavy (non-hydrogen) atoms. The summed E-state index contributed by atoms with van der Waals surface area (Å²) in [4.78, 5) is 28.9. The molecule has 4 aliphatic rings. The highest BCUT2D eigenvalue weighted by atomic mass is 19.1. The van der Waals surface area contributed by atoms with E-state index in [1.54, 1.807) is 11.7 Å². The van der Waals surface area contributed by atoms with E-state index in [2.05, 4.69) is 32.5 Å². The molecule has 2 atom stereocenters. The predicted molar refractivity (Wildman–Crippen MR) is 146 cm³/mol. The van der Waals surface area contributed by atoms with E-state index in [9.17, 15) is 9.59 Å². The summed E-state index contributed by atoms with van der Waals surface area (Å²) in [6.45, 7) is 8.86. The molecule has 5 heterocycles. The number of nitrogens with zero attached hydrogens (tertiary/aromatic N) is 4. The van der Waals surface area contributed by atoms with E-state index in [-0.39, 0.29) is 24.1 Å². The molecule has 4 saturated heterocycles. The molecular formula is C29H41FN6O2. The fourth-order valence-electron chi connectivity index (χ4n) is 7.58. The summed E-state index contributed by atoms with van der Waals surface area (Å²) in [5, 5.41) is 11.1. The van der Waals surface area contributed by atoms with Crippen LogP contribution in [0.3, 0.4) is 0 Å². The van der Waals surface area contributed by atoms with Gasteiger partial charge in [0.25, 0.3) is 0 Å². The number of hydrogen-bond acceptors (Lipinski definition) is 6. The molecule has 0 radical (unpaired) electrons. The van der Waals surface area contributed by atoms with Crippen molar-refractivity contribution in [2.45, 2.75) is 70.3 Å². The van der Waals surface area contributed by atoms with Gasteiger partial charge in [0.15, 0.2) is 5.82 Å². The molecule has 1 unspecified atom stereocenters. The summed E-state index contributed by atoms with van der Waals surface area (Å²) in [6, 6.07) is 4.32. The lowest BCUT2D eigenvalue weighted by Crippen LogP contribution is -2.51. The Balaban J connectivity index is 1.11. The minimum absolute atomic E-state index is 0.261. The second-order valence-corrected chi connectivity index (χ2v) is 12.2. The Kier molecular flexibility index (Phi) is 6.93. The number of aryl methyl sites for hydroxylation is 1. The van der Waals surface area contributed by atoms with Crippen LogP contribution in [-0.2, 0) is 16.6 Å². The van der Waals surface area contributed by atoms with E-state index < -0.39 is 5.92 Å². The van der Waals surface area contributed by atoms with Crippen molar-refractivity contribution in [1.82, 2.24) is 25.3 Å². The SMILES string of the molecule is C[C@@H](C1CCN(c2ccc3c(C4CCC(=O)NC4=O)nn(C)c3c2F)CC1)N1CCC2(CCNCC2)CC1. The lowest BCUT2D eigenvalue weighted by Gasteiger charge is -2.48. The standard InChI is InChI=1S/C29H41FN6O2/c1-19(35-17-11-29(12-18-35)9-13-31-14-10-29)20-7-15-36(16-8-20)23-5-3-21-26(33-34(2)27(21)25(23)30)22-4-6-24(37)32-28(22)38/h3,5,19-20,22,31H,4,6-18H2,1-2H3,(H,32,37,38)/t19-,22?/m0/s1. The van der Waals surface area contributed by atoms with Crippen molar-refractivity contribution < 1.29 is 14.0 Å². The van der Waals surface area contributed by atoms with Gasteiger partial charge in [0, 0.05) is 38.0 Å². The number of carbonyl (C=O) groups is 2. The van der Waals surface area contributed by atoms with Crippen molar-refractivity contribution in [3.8, 4) is 0 Å². The first-order valence-corrected chi connectivity index (χ1v) is 14.5. The number of nitrogens with one attached hydrogen (secondary N) is 2. The number of rotatable bonds is 4. The van der Waals surface area contributed by atoms with Crippen LogP contribution in [0.15, 0.2) is 12.1 Å². The molecule has 206 valence electrons. The zero-order valence-corrected chi connectivity index (χ0v) is 22.8. The average Bonchev–Trinajstić information content (AvgIpc) is 3.26. The highest BCUT2D eigenvalue weighted by Gasteiger charge is 2.38. The minimum atomic E-state index is -0.529. The molecular weight excluding hydrogens is 483 g/mol. The molecule has 4 aliphatic heterocycles. The van der Waals surface area contributed by atoms with Gasteiger partial charge in [0.1, 0.15) is 5.52 Å². The van der Waals surface area contributed by atoms with Gasteiger partial charge in [0.2, 0.25) is 11.8 Å². The number of halogens is 1. The maximum atomic E-state index is 15.9. The molecule has 1 aromatic carbocycles. The first-order valence-electron chi connectivity index (χ1n) is 14.5. The van der Waals surface area contributed by atoms with Crippen molar-refractivity contribution in [1.29, 1.82) is 0 Å².